The van der Waals surface area contributed by atoms with Crippen LogP contribution in [-0.2, 0) is 16.1 Å². The molecule has 0 aliphatic carbocycles. The highest BCUT2D eigenvalue weighted by molar-refractivity contribution is 7.99. The van der Waals surface area contributed by atoms with Crippen LogP contribution in [0.4, 0.5) is 0 Å². The van der Waals surface area contributed by atoms with Crippen LogP contribution in [0.25, 0.3) is 0 Å². The van der Waals surface area contributed by atoms with Gasteiger partial charge in [-0.15, -0.1) is 11.8 Å². The highest BCUT2D eigenvalue weighted by Crippen LogP contribution is 2.22. The third-order valence-electron chi connectivity index (χ3n) is 3.28. The first-order valence-corrected chi connectivity index (χ1v) is 8.15. The molecule has 2 rings (SSSR count). The number of aromatic carboxylic acids is 1. The SMILES string of the molecule is CCCC(=O)N1CSCC1C(=O)NCc1ccc(C(=O)O)o1. The Balaban J connectivity index is 1.90. The summed E-state index contributed by atoms with van der Waals surface area (Å²) in [5.74, 6) is -0.119. The second kappa shape index (κ2) is 7.35. The van der Waals surface area contributed by atoms with E-state index in [4.69, 9.17) is 9.52 Å². The molecule has 0 spiro atoms. The number of furan rings is 1. The number of hydrogen-bond acceptors (Lipinski definition) is 5. The minimum absolute atomic E-state index is 0.0150. The predicted molar refractivity (Wildman–Crippen MR) is 80.4 cm³/mol. The van der Waals surface area contributed by atoms with Crippen molar-refractivity contribution in [2.75, 3.05) is 11.6 Å². The highest BCUT2D eigenvalue weighted by Gasteiger charge is 2.33. The molecule has 1 aliphatic rings. The fraction of sp³-hybridized carbons (Fsp3) is 0.500. The zero-order chi connectivity index (χ0) is 16.1. The van der Waals surface area contributed by atoms with Gasteiger partial charge in [-0.25, -0.2) is 4.79 Å². The van der Waals surface area contributed by atoms with Gasteiger partial charge < -0.3 is 19.7 Å². The van der Waals surface area contributed by atoms with Gasteiger partial charge in [-0.05, 0) is 18.6 Å². The molecule has 2 heterocycles. The fourth-order valence-corrected chi connectivity index (χ4v) is 3.32. The molecule has 1 aliphatic heterocycles. The van der Waals surface area contributed by atoms with Crippen molar-refractivity contribution in [1.82, 2.24) is 10.2 Å². The molecule has 0 aromatic carbocycles. The van der Waals surface area contributed by atoms with Crippen molar-refractivity contribution < 1.29 is 23.9 Å². The number of carboxylic acid groups (broad SMARTS) is 1. The normalized spacial score (nSPS) is 17.5. The first-order chi connectivity index (χ1) is 10.5. The lowest BCUT2D eigenvalue weighted by Gasteiger charge is -2.22. The van der Waals surface area contributed by atoms with Gasteiger partial charge in [0, 0.05) is 12.2 Å². The molecule has 1 aromatic heterocycles. The zero-order valence-corrected chi connectivity index (χ0v) is 13.0. The molecule has 2 N–H and O–H groups in total. The van der Waals surface area contributed by atoms with Gasteiger partial charge in [0.1, 0.15) is 11.8 Å². The Morgan fingerprint density at radius 2 is 2.23 bits per heavy atom. The Hall–Kier alpha value is -1.96. The maximum Gasteiger partial charge on any atom is 0.371 e. The molecule has 0 radical (unpaired) electrons. The number of thioether (sulfide) groups is 1. The lowest BCUT2D eigenvalue weighted by molar-refractivity contribution is -0.138. The van der Waals surface area contributed by atoms with Crippen molar-refractivity contribution in [3.05, 3.63) is 23.7 Å². The van der Waals surface area contributed by atoms with Gasteiger partial charge in [0.2, 0.25) is 17.6 Å². The Morgan fingerprint density at radius 1 is 1.45 bits per heavy atom. The number of amides is 2. The number of rotatable bonds is 6. The second-order valence-electron chi connectivity index (χ2n) is 4.92. The predicted octanol–water partition coefficient (Wildman–Crippen LogP) is 1.30. The number of nitrogens with one attached hydrogen (secondary N) is 1. The topological polar surface area (TPSA) is 99.9 Å². The van der Waals surface area contributed by atoms with Gasteiger partial charge in [0.05, 0.1) is 12.4 Å². The second-order valence-corrected chi connectivity index (χ2v) is 5.92. The van der Waals surface area contributed by atoms with E-state index < -0.39 is 12.0 Å². The van der Waals surface area contributed by atoms with Gasteiger partial charge in [0.25, 0.3) is 0 Å². The molecule has 2 amide bonds. The maximum atomic E-state index is 12.2. The van der Waals surface area contributed by atoms with Crippen molar-refractivity contribution in [3.8, 4) is 0 Å². The van der Waals surface area contributed by atoms with Gasteiger partial charge in [-0.1, -0.05) is 6.92 Å². The highest BCUT2D eigenvalue weighted by atomic mass is 32.2. The van der Waals surface area contributed by atoms with Crippen molar-refractivity contribution in [2.45, 2.75) is 32.4 Å². The number of nitrogens with zero attached hydrogens (tertiary/aromatic N) is 1. The molecule has 1 unspecified atom stereocenters. The standard InChI is InChI=1S/C14H18N2O5S/c1-2-3-12(17)16-8-22-7-10(16)13(18)15-6-9-4-5-11(21-9)14(19)20/h4-5,10H,2-3,6-8H2,1H3,(H,15,18)(H,19,20). The minimum atomic E-state index is -1.15. The van der Waals surface area contributed by atoms with E-state index in [-0.39, 0.29) is 24.1 Å². The van der Waals surface area contributed by atoms with Crippen LogP contribution in [0.3, 0.4) is 0 Å². The first-order valence-electron chi connectivity index (χ1n) is 6.99. The Bertz CT molecular complexity index is 571. The molecule has 8 heteroatoms. The van der Waals surface area contributed by atoms with E-state index >= 15 is 0 Å². The zero-order valence-electron chi connectivity index (χ0n) is 12.2. The summed E-state index contributed by atoms with van der Waals surface area (Å²) < 4.78 is 5.07. The lowest BCUT2D eigenvalue weighted by atomic mass is 10.2. The average Bonchev–Trinajstić information content (AvgIpc) is 3.14. The summed E-state index contributed by atoms with van der Waals surface area (Å²) >= 11 is 1.55. The van der Waals surface area contributed by atoms with Crippen LogP contribution in [0, 0.1) is 0 Å². The Morgan fingerprint density at radius 3 is 2.86 bits per heavy atom. The van der Waals surface area contributed by atoms with Crippen LogP contribution in [0.5, 0.6) is 0 Å². The molecule has 0 saturated carbocycles. The third-order valence-corrected chi connectivity index (χ3v) is 4.29. The molecule has 1 aromatic rings. The van der Waals surface area contributed by atoms with Crippen LogP contribution in [0.15, 0.2) is 16.5 Å². The summed E-state index contributed by atoms with van der Waals surface area (Å²) in [5, 5.41) is 11.5. The maximum absolute atomic E-state index is 12.2. The first kappa shape index (κ1) is 16.4. The van der Waals surface area contributed by atoms with Crippen LogP contribution < -0.4 is 5.32 Å². The fourth-order valence-electron chi connectivity index (χ4n) is 2.14. The van der Waals surface area contributed by atoms with E-state index in [0.717, 1.165) is 6.42 Å². The van der Waals surface area contributed by atoms with E-state index in [9.17, 15) is 14.4 Å². The molecule has 120 valence electrons. The summed E-state index contributed by atoms with van der Waals surface area (Å²) in [6, 6.07) is 2.37. The number of hydrogen-bond donors (Lipinski definition) is 2. The van der Waals surface area contributed by atoms with Crippen LogP contribution >= 0.6 is 11.8 Å². The molecular formula is C14H18N2O5S. The Kier molecular flexibility index (Phi) is 5.48. The summed E-state index contributed by atoms with van der Waals surface area (Å²) in [6.45, 7) is 2.02. The van der Waals surface area contributed by atoms with Crippen LogP contribution in [-0.4, -0.2) is 45.5 Å². The smallest absolute Gasteiger partial charge is 0.371 e. The monoisotopic (exact) mass is 326 g/mol. The third kappa shape index (κ3) is 3.82. The van der Waals surface area contributed by atoms with E-state index in [0.29, 0.717) is 23.8 Å². The summed E-state index contributed by atoms with van der Waals surface area (Å²) in [6.07, 6.45) is 1.18. The molecule has 1 atom stereocenters. The summed E-state index contributed by atoms with van der Waals surface area (Å²) in [7, 11) is 0. The Labute approximate surface area is 132 Å². The molecule has 22 heavy (non-hydrogen) atoms. The van der Waals surface area contributed by atoms with Gasteiger partial charge in [-0.2, -0.15) is 0 Å². The van der Waals surface area contributed by atoms with Gasteiger partial charge in [-0.3, -0.25) is 9.59 Å². The van der Waals surface area contributed by atoms with Crippen LogP contribution in [0.2, 0.25) is 0 Å². The molecule has 1 fully saturated rings. The van der Waals surface area contributed by atoms with Gasteiger partial charge >= 0.3 is 5.97 Å². The molecule has 0 bridgehead atoms. The molecular weight excluding hydrogens is 308 g/mol. The average molecular weight is 326 g/mol. The van der Waals surface area contributed by atoms with E-state index in [1.54, 1.807) is 16.7 Å². The summed E-state index contributed by atoms with van der Waals surface area (Å²) in [5.41, 5.74) is 0. The van der Waals surface area contributed by atoms with Crippen molar-refractivity contribution >= 4 is 29.5 Å². The molecule has 1 saturated heterocycles. The number of carbonyl (C=O) groups excluding carboxylic acids is 2. The van der Waals surface area contributed by atoms with Crippen LogP contribution in [0.1, 0.15) is 36.1 Å². The van der Waals surface area contributed by atoms with E-state index in [1.807, 2.05) is 6.92 Å². The van der Waals surface area contributed by atoms with Gasteiger partial charge in [0.15, 0.2) is 0 Å². The minimum Gasteiger partial charge on any atom is -0.475 e. The molecule has 7 nitrogen and oxygen atoms in total. The van der Waals surface area contributed by atoms with E-state index in [2.05, 4.69) is 5.32 Å². The number of carbonyl (C=O) groups is 3. The van der Waals surface area contributed by atoms with E-state index in [1.165, 1.54) is 12.1 Å². The van der Waals surface area contributed by atoms with Crippen molar-refractivity contribution in [3.63, 3.8) is 0 Å². The number of carboxylic acids is 1. The van der Waals surface area contributed by atoms with Crippen molar-refractivity contribution in [2.24, 2.45) is 0 Å². The quantitative estimate of drug-likeness (QED) is 0.817. The lowest BCUT2D eigenvalue weighted by Crippen LogP contribution is -2.46. The van der Waals surface area contributed by atoms with Crippen molar-refractivity contribution in [1.29, 1.82) is 0 Å². The largest absolute Gasteiger partial charge is 0.475 e. The summed E-state index contributed by atoms with van der Waals surface area (Å²) in [4.78, 5) is 36.5.